The molecule has 1 N–H and O–H groups in total. The summed E-state index contributed by atoms with van der Waals surface area (Å²) in [5, 5.41) is 3.24. The summed E-state index contributed by atoms with van der Waals surface area (Å²) in [7, 11) is 4.03. The van der Waals surface area contributed by atoms with Crippen molar-refractivity contribution in [2.24, 2.45) is 0 Å². The number of hydrogen-bond donors (Lipinski definition) is 1. The molecule has 2 aliphatic rings. The van der Waals surface area contributed by atoms with Gasteiger partial charge in [-0.15, -0.1) is 0 Å². The van der Waals surface area contributed by atoms with Crippen LogP contribution in [-0.4, -0.2) is 65.5 Å². The molecule has 1 saturated heterocycles. The van der Waals surface area contributed by atoms with Crippen LogP contribution in [0.25, 0.3) is 0 Å². The number of fused-ring (bicyclic) bond motifs is 1. The molecule has 0 radical (unpaired) electrons. The number of rotatable bonds is 5. The molecule has 8 heteroatoms. The fourth-order valence-corrected chi connectivity index (χ4v) is 4.35. The molecule has 0 saturated carbocycles. The van der Waals surface area contributed by atoms with Crippen molar-refractivity contribution in [1.29, 1.82) is 0 Å². The van der Waals surface area contributed by atoms with Crippen molar-refractivity contribution in [1.82, 2.24) is 19.8 Å². The van der Waals surface area contributed by atoms with E-state index < -0.39 is 6.10 Å². The van der Waals surface area contributed by atoms with Crippen LogP contribution in [0.5, 0.6) is 5.75 Å². The zero-order valence-electron chi connectivity index (χ0n) is 18.4. The Balaban J connectivity index is 1.38. The average molecular weight is 428 g/mol. The Hall–Kier alpha value is -2.74. The maximum atomic E-state index is 13.1. The number of likely N-dealkylation sites (N-methyl/N-ethyl adjacent to an activating group) is 1. The molecule has 3 heterocycles. The Morgan fingerprint density at radius 1 is 1.19 bits per heavy atom. The number of nitrogens with zero attached hydrogens (tertiary/aromatic N) is 4. The van der Waals surface area contributed by atoms with Crippen molar-refractivity contribution >= 4 is 11.7 Å². The lowest BCUT2D eigenvalue weighted by atomic mass is 9.94. The highest BCUT2D eigenvalue weighted by molar-refractivity contribution is 5.81. The van der Waals surface area contributed by atoms with Gasteiger partial charge < -0.3 is 19.9 Å². The summed E-state index contributed by atoms with van der Waals surface area (Å²) in [5.74, 6) is 2.16. The summed E-state index contributed by atoms with van der Waals surface area (Å²) < 4.78 is 18.8. The Bertz CT molecular complexity index is 928. The third-order valence-corrected chi connectivity index (χ3v) is 6.16. The lowest BCUT2D eigenvalue weighted by molar-refractivity contribution is -0.139. The minimum absolute atomic E-state index is 0.0494. The number of hydrogen-bond acceptors (Lipinski definition) is 6. The number of anilines is 1. The number of carbonyl (C=O) groups is 1. The number of amides is 1. The molecule has 0 bridgehead atoms. The molecule has 1 atom stereocenters. The molecule has 4 rings (SSSR count). The average Bonchev–Trinajstić information content (AvgIpc) is 2.79. The SMILES string of the molecule is CNc1nc(C2CCN(C(=O)C(C)Oc3ccc(F)cc3)CC2)nc2c1CCN(C)C2. The Kier molecular flexibility index (Phi) is 6.36. The number of nitrogens with one attached hydrogen (secondary N) is 1. The lowest BCUT2D eigenvalue weighted by Crippen LogP contribution is -2.44. The smallest absolute Gasteiger partial charge is 0.263 e. The molecular weight excluding hydrogens is 397 g/mol. The third-order valence-electron chi connectivity index (χ3n) is 6.16. The number of benzene rings is 1. The number of piperidine rings is 1. The molecule has 2 aliphatic heterocycles. The summed E-state index contributed by atoms with van der Waals surface area (Å²) in [5.41, 5.74) is 2.34. The fourth-order valence-electron chi connectivity index (χ4n) is 4.35. The van der Waals surface area contributed by atoms with E-state index in [9.17, 15) is 9.18 Å². The number of ether oxygens (including phenoxy) is 1. The van der Waals surface area contributed by atoms with Crippen LogP contribution in [0.15, 0.2) is 24.3 Å². The summed E-state index contributed by atoms with van der Waals surface area (Å²) in [6, 6.07) is 5.73. The second-order valence-corrected chi connectivity index (χ2v) is 8.41. The second-order valence-electron chi connectivity index (χ2n) is 8.41. The molecule has 0 spiro atoms. The number of halogens is 1. The molecular formula is C23H30FN5O2. The van der Waals surface area contributed by atoms with E-state index in [-0.39, 0.29) is 17.6 Å². The van der Waals surface area contributed by atoms with Gasteiger partial charge >= 0.3 is 0 Å². The van der Waals surface area contributed by atoms with Gasteiger partial charge in [0.2, 0.25) is 0 Å². The van der Waals surface area contributed by atoms with Crippen LogP contribution >= 0.6 is 0 Å². The van der Waals surface area contributed by atoms with Gasteiger partial charge in [-0.25, -0.2) is 14.4 Å². The molecule has 31 heavy (non-hydrogen) atoms. The quantitative estimate of drug-likeness (QED) is 0.791. The minimum Gasteiger partial charge on any atom is -0.481 e. The second kappa shape index (κ2) is 9.18. The Labute approximate surface area is 182 Å². The molecule has 1 fully saturated rings. The van der Waals surface area contributed by atoms with Crippen molar-refractivity contribution in [2.75, 3.05) is 39.0 Å². The van der Waals surface area contributed by atoms with Gasteiger partial charge in [0.15, 0.2) is 6.10 Å². The van der Waals surface area contributed by atoms with Gasteiger partial charge in [-0.2, -0.15) is 0 Å². The zero-order valence-corrected chi connectivity index (χ0v) is 18.4. The third kappa shape index (κ3) is 4.79. The van der Waals surface area contributed by atoms with Crippen LogP contribution in [0.3, 0.4) is 0 Å². The summed E-state index contributed by atoms with van der Waals surface area (Å²) in [6.45, 7) is 4.89. The van der Waals surface area contributed by atoms with Crippen molar-refractivity contribution < 1.29 is 13.9 Å². The number of aromatic nitrogens is 2. The first-order valence-corrected chi connectivity index (χ1v) is 10.9. The van der Waals surface area contributed by atoms with E-state index >= 15 is 0 Å². The van der Waals surface area contributed by atoms with Gasteiger partial charge in [0.05, 0.1) is 5.69 Å². The first-order chi connectivity index (χ1) is 14.9. The monoisotopic (exact) mass is 427 g/mol. The predicted molar refractivity (Wildman–Crippen MR) is 117 cm³/mol. The fraction of sp³-hybridized carbons (Fsp3) is 0.522. The van der Waals surface area contributed by atoms with E-state index in [2.05, 4.69) is 17.3 Å². The van der Waals surface area contributed by atoms with Crippen LogP contribution in [0.4, 0.5) is 10.2 Å². The van der Waals surface area contributed by atoms with Crippen molar-refractivity contribution in [3.63, 3.8) is 0 Å². The zero-order chi connectivity index (χ0) is 22.0. The van der Waals surface area contributed by atoms with Gasteiger partial charge in [-0.3, -0.25) is 4.79 Å². The summed E-state index contributed by atoms with van der Waals surface area (Å²) in [6.07, 6.45) is 1.99. The molecule has 1 unspecified atom stereocenters. The lowest BCUT2D eigenvalue weighted by Gasteiger charge is -2.33. The van der Waals surface area contributed by atoms with Crippen molar-refractivity contribution in [3.05, 3.63) is 47.2 Å². The highest BCUT2D eigenvalue weighted by Crippen LogP contribution is 2.30. The van der Waals surface area contributed by atoms with E-state index in [4.69, 9.17) is 14.7 Å². The number of likely N-dealkylation sites (tertiary alicyclic amines) is 1. The van der Waals surface area contributed by atoms with Crippen LogP contribution in [-0.2, 0) is 17.8 Å². The Morgan fingerprint density at radius 2 is 1.90 bits per heavy atom. The van der Waals surface area contributed by atoms with Crippen molar-refractivity contribution in [2.45, 2.75) is 44.8 Å². The largest absolute Gasteiger partial charge is 0.481 e. The molecule has 1 aromatic heterocycles. The molecule has 2 aromatic rings. The predicted octanol–water partition coefficient (Wildman–Crippen LogP) is 2.82. The van der Waals surface area contributed by atoms with Gasteiger partial charge in [0, 0.05) is 44.7 Å². The van der Waals surface area contributed by atoms with Gasteiger partial charge in [-0.1, -0.05) is 0 Å². The van der Waals surface area contributed by atoms with E-state index in [1.807, 2.05) is 11.9 Å². The Morgan fingerprint density at radius 3 is 2.58 bits per heavy atom. The van der Waals surface area contributed by atoms with E-state index in [1.165, 1.54) is 29.8 Å². The maximum Gasteiger partial charge on any atom is 0.263 e. The van der Waals surface area contributed by atoms with Crippen LogP contribution < -0.4 is 10.1 Å². The topological polar surface area (TPSA) is 70.6 Å². The van der Waals surface area contributed by atoms with Gasteiger partial charge in [0.25, 0.3) is 5.91 Å². The van der Waals surface area contributed by atoms with Gasteiger partial charge in [-0.05, 0) is 57.5 Å². The highest BCUT2D eigenvalue weighted by atomic mass is 19.1. The molecule has 166 valence electrons. The van der Waals surface area contributed by atoms with Crippen LogP contribution in [0.1, 0.15) is 42.8 Å². The standard InChI is InChI=1S/C23H30FN5O2/c1-15(31-18-6-4-17(24)5-7-18)23(30)29-12-8-16(9-13-29)21-26-20-14-28(3)11-10-19(20)22(25-2)27-21/h4-7,15-16H,8-14H2,1-3H3,(H,25,26,27). The normalized spacial score (nSPS) is 18.4. The van der Waals surface area contributed by atoms with Crippen LogP contribution in [0.2, 0.25) is 0 Å². The first-order valence-electron chi connectivity index (χ1n) is 10.9. The summed E-state index contributed by atoms with van der Waals surface area (Å²) in [4.78, 5) is 26.7. The van der Waals surface area contributed by atoms with Crippen LogP contribution in [0, 0.1) is 5.82 Å². The molecule has 0 aliphatic carbocycles. The van der Waals surface area contributed by atoms with E-state index in [1.54, 1.807) is 6.92 Å². The van der Waals surface area contributed by atoms with Gasteiger partial charge in [0.1, 0.15) is 23.2 Å². The van der Waals surface area contributed by atoms with E-state index in [0.29, 0.717) is 18.8 Å². The van der Waals surface area contributed by atoms with E-state index in [0.717, 1.165) is 49.7 Å². The molecule has 7 nitrogen and oxygen atoms in total. The first kappa shape index (κ1) is 21.5. The number of carbonyl (C=O) groups excluding carboxylic acids is 1. The highest BCUT2D eigenvalue weighted by Gasteiger charge is 2.30. The maximum absolute atomic E-state index is 13.1. The summed E-state index contributed by atoms with van der Waals surface area (Å²) >= 11 is 0. The molecule has 1 aromatic carbocycles. The van der Waals surface area contributed by atoms with Crippen molar-refractivity contribution in [3.8, 4) is 5.75 Å². The minimum atomic E-state index is -0.617. The molecule has 1 amide bonds.